The van der Waals surface area contributed by atoms with Crippen LogP contribution in [0.1, 0.15) is 0 Å². The normalized spacial score (nSPS) is 50.4. The predicted octanol–water partition coefficient (Wildman–Crippen LogP) is 6.44. The molecule has 2 fully saturated rings. The van der Waals surface area contributed by atoms with Crippen molar-refractivity contribution in [1.29, 1.82) is 0 Å². The zero-order chi connectivity index (χ0) is 15.7. The van der Waals surface area contributed by atoms with Crippen molar-refractivity contribution in [1.82, 2.24) is 0 Å². The summed E-state index contributed by atoms with van der Waals surface area (Å²) in [4.78, 5) is -2.09. The standard InChI is InChI=1S/C10H8Cl10/c11-1-8(6(15)16)2-3(12)5(14)9(8,7(17)18)10(19,20)4(2)13/h2-7H,1H2. The lowest BCUT2D eigenvalue weighted by molar-refractivity contribution is 0.137. The molecule has 0 spiro atoms. The molecule has 2 rings (SSSR count). The molecule has 0 N–H and O–H groups in total. The summed E-state index contributed by atoms with van der Waals surface area (Å²) in [5.41, 5.74) is -2.44. The zero-order valence-electron chi connectivity index (χ0n) is 9.45. The molecule has 2 saturated carbocycles. The Morgan fingerprint density at radius 3 is 1.65 bits per heavy atom. The lowest BCUT2D eigenvalue weighted by atomic mass is 9.69. The van der Waals surface area contributed by atoms with E-state index in [9.17, 15) is 0 Å². The van der Waals surface area contributed by atoms with Crippen LogP contribution in [-0.4, -0.2) is 36.0 Å². The lowest BCUT2D eigenvalue weighted by Gasteiger charge is -2.50. The number of rotatable bonds is 3. The second-order valence-corrected chi connectivity index (χ2v) is 10.3. The van der Waals surface area contributed by atoms with Gasteiger partial charge in [0.2, 0.25) is 0 Å². The molecule has 0 saturated heterocycles. The molecule has 2 bridgehead atoms. The first kappa shape index (κ1) is 19.2. The van der Waals surface area contributed by atoms with E-state index in [-0.39, 0.29) is 5.88 Å². The van der Waals surface area contributed by atoms with E-state index in [1.807, 2.05) is 0 Å². The van der Waals surface area contributed by atoms with Gasteiger partial charge in [-0.1, -0.05) is 23.2 Å². The van der Waals surface area contributed by atoms with Crippen molar-refractivity contribution in [2.75, 3.05) is 5.88 Å². The van der Waals surface area contributed by atoms with Crippen LogP contribution in [0.5, 0.6) is 0 Å². The van der Waals surface area contributed by atoms with Gasteiger partial charge in [-0.3, -0.25) is 0 Å². The Balaban J connectivity index is 2.81. The molecule has 0 radical (unpaired) electrons. The van der Waals surface area contributed by atoms with E-state index in [2.05, 4.69) is 0 Å². The molecule has 0 aromatic heterocycles. The molecule has 20 heavy (non-hydrogen) atoms. The quantitative estimate of drug-likeness (QED) is 0.406. The van der Waals surface area contributed by atoms with Gasteiger partial charge in [-0.15, -0.1) is 92.8 Å². The van der Waals surface area contributed by atoms with Crippen LogP contribution >= 0.6 is 116 Å². The van der Waals surface area contributed by atoms with Gasteiger partial charge in [-0.25, -0.2) is 0 Å². The number of fused-ring (bicyclic) bond motifs is 2. The van der Waals surface area contributed by atoms with Crippen molar-refractivity contribution in [2.24, 2.45) is 16.7 Å². The Bertz CT molecular complexity index is 397. The van der Waals surface area contributed by atoms with Crippen LogP contribution in [0.4, 0.5) is 0 Å². The van der Waals surface area contributed by atoms with E-state index in [1.54, 1.807) is 0 Å². The first-order valence-electron chi connectivity index (χ1n) is 5.47. The third kappa shape index (κ3) is 1.91. The maximum absolute atomic E-state index is 6.48. The SMILES string of the molecule is ClCC1(C(Cl)Cl)C2C(Cl)C(Cl)C1(C(Cl)Cl)C(Cl)(Cl)C2Cl. The average Bonchev–Trinajstić information content (AvgIpc) is 2.64. The van der Waals surface area contributed by atoms with Crippen LogP contribution in [-0.2, 0) is 0 Å². The minimum absolute atomic E-state index is 0.0257. The Morgan fingerprint density at radius 1 is 0.850 bits per heavy atom. The topological polar surface area (TPSA) is 0 Å². The summed E-state index contributed by atoms with van der Waals surface area (Å²) in [5, 5.41) is -2.18. The highest BCUT2D eigenvalue weighted by atomic mass is 35.5. The maximum Gasteiger partial charge on any atom is 0.145 e. The van der Waals surface area contributed by atoms with Crippen molar-refractivity contribution in [3.05, 3.63) is 0 Å². The predicted molar refractivity (Wildman–Crippen MR) is 93.4 cm³/mol. The Labute approximate surface area is 167 Å². The molecule has 0 amide bonds. The summed E-state index contributed by atoms with van der Waals surface area (Å²) >= 11 is 63.2. The van der Waals surface area contributed by atoms with Gasteiger partial charge >= 0.3 is 0 Å². The van der Waals surface area contributed by atoms with Gasteiger partial charge in [0.25, 0.3) is 0 Å². The van der Waals surface area contributed by atoms with Gasteiger partial charge in [-0.05, 0) is 0 Å². The van der Waals surface area contributed by atoms with Crippen molar-refractivity contribution in [2.45, 2.75) is 30.1 Å². The van der Waals surface area contributed by atoms with Crippen LogP contribution < -0.4 is 0 Å². The Morgan fingerprint density at radius 2 is 1.35 bits per heavy atom. The molecule has 2 aliphatic carbocycles. The van der Waals surface area contributed by atoms with E-state index in [4.69, 9.17) is 116 Å². The zero-order valence-corrected chi connectivity index (χ0v) is 17.0. The fourth-order valence-corrected chi connectivity index (χ4v) is 9.62. The van der Waals surface area contributed by atoms with Gasteiger partial charge in [0.15, 0.2) is 0 Å². The summed E-state index contributed by atoms with van der Waals surface area (Å²) in [6.45, 7) is 0. The number of hydrogen-bond acceptors (Lipinski definition) is 0. The molecule has 6 unspecified atom stereocenters. The van der Waals surface area contributed by atoms with Gasteiger partial charge in [-0.2, -0.15) is 0 Å². The number of alkyl halides is 10. The average molecular weight is 483 g/mol. The number of halogens is 10. The molecule has 0 heterocycles. The summed E-state index contributed by atoms with van der Waals surface area (Å²) in [6.07, 6.45) is 0. The largest absolute Gasteiger partial charge is 0.145 e. The second kappa shape index (κ2) is 6.01. The van der Waals surface area contributed by atoms with Crippen molar-refractivity contribution in [3.63, 3.8) is 0 Å². The van der Waals surface area contributed by atoms with E-state index < -0.39 is 46.9 Å². The van der Waals surface area contributed by atoms with Crippen LogP contribution in [0.25, 0.3) is 0 Å². The third-order valence-corrected chi connectivity index (χ3v) is 9.69. The smallest absolute Gasteiger partial charge is 0.126 e. The van der Waals surface area contributed by atoms with E-state index in [0.717, 1.165) is 0 Å². The number of hydrogen-bond donors (Lipinski definition) is 0. The molecule has 118 valence electrons. The molecule has 10 heteroatoms. The van der Waals surface area contributed by atoms with E-state index in [0.29, 0.717) is 0 Å². The molecule has 0 aromatic carbocycles. The minimum Gasteiger partial charge on any atom is -0.126 e. The summed E-state index contributed by atoms with van der Waals surface area (Å²) in [5.74, 6) is -0.553. The highest BCUT2D eigenvalue weighted by Gasteiger charge is 2.87. The minimum atomic E-state index is -1.57. The molecular formula is C10H8Cl10. The third-order valence-electron chi connectivity index (χ3n) is 4.59. The lowest BCUT2D eigenvalue weighted by Crippen LogP contribution is -2.59. The van der Waals surface area contributed by atoms with E-state index >= 15 is 0 Å². The Hall–Kier alpha value is 2.90. The van der Waals surface area contributed by atoms with Crippen LogP contribution in [0.3, 0.4) is 0 Å². The molecule has 0 nitrogen and oxygen atoms in total. The molecule has 2 aliphatic rings. The highest BCUT2D eigenvalue weighted by molar-refractivity contribution is 6.57. The first-order chi connectivity index (χ1) is 9.05. The molecule has 0 aromatic rings. The van der Waals surface area contributed by atoms with E-state index in [1.165, 1.54) is 0 Å². The fraction of sp³-hybridized carbons (Fsp3) is 1.00. The maximum atomic E-state index is 6.48. The van der Waals surface area contributed by atoms with Gasteiger partial charge in [0, 0.05) is 17.2 Å². The fourth-order valence-electron chi connectivity index (χ4n) is 3.67. The van der Waals surface area contributed by atoms with Crippen molar-refractivity contribution >= 4 is 116 Å². The van der Waals surface area contributed by atoms with Gasteiger partial charge < -0.3 is 0 Å². The van der Waals surface area contributed by atoms with Crippen molar-refractivity contribution < 1.29 is 0 Å². The monoisotopic (exact) mass is 478 g/mol. The highest BCUT2D eigenvalue weighted by Crippen LogP contribution is 2.80. The van der Waals surface area contributed by atoms with Crippen molar-refractivity contribution in [3.8, 4) is 0 Å². The van der Waals surface area contributed by atoms with Gasteiger partial charge in [0.05, 0.1) is 21.5 Å². The molecular weight excluding hydrogens is 475 g/mol. The summed E-state index contributed by atoms with van der Waals surface area (Å²) in [7, 11) is 0. The molecule has 0 aliphatic heterocycles. The molecule has 6 atom stereocenters. The van der Waals surface area contributed by atoms with Crippen LogP contribution in [0.2, 0.25) is 0 Å². The Kier molecular flexibility index (Phi) is 5.78. The van der Waals surface area contributed by atoms with Crippen LogP contribution in [0.15, 0.2) is 0 Å². The van der Waals surface area contributed by atoms with Crippen LogP contribution in [0, 0.1) is 16.7 Å². The summed E-state index contributed by atoms with van der Waals surface area (Å²) < 4.78 is -1.57. The summed E-state index contributed by atoms with van der Waals surface area (Å²) in [6, 6.07) is 0. The second-order valence-electron chi connectivity index (χ2n) is 5.04. The van der Waals surface area contributed by atoms with Gasteiger partial charge in [0.1, 0.15) is 14.0 Å². The first-order valence-corrected chi connectivity index (χ1v) is 9.82.